The molecule has 0 bridgehead atoms. The highest BCUT2D eigenvalue weighted by Crippen LogP contribution is 2.41. The molecule has 2 aliphatic rings. The molecule has 0 spiro atoms. The number of hydrogen-bond donors (Lipinski definition) is 0. The van der Waals surface area contributed by atoms with Crippen molar-refractivity contribution in [2.24, 2.45) is 23.7 Å². The van der Waals surface area contributed by atoms with Crippen molar-refractivity contribution in [1.29, 1.82) is 0 Å². The van der Waals surface area contributed by atoms with E-state index in [1.54, 1.807) is 6.08 Å². The Morgan fingerprint density at radius 3 is 1.65 bits per heavy atom. The van der Waals surface area contributed by atoms with Crippen LogP contribution in [0.15, 0.2) is 37.4 Å². The largest absolute Gasteiger partial charge is 0.493 e. The molecule has 2 saturated carbocycles. The Morgan fingerprint density at radius 2 is 1.21 bits per heavy atom. The second-order valence-electron chi connectivity index (χ2n) is 8.91. The Hall–Kier alpha value is -2.14. The number of hydrogen-bond acceptors (Lipinski definition) is 2. The zero-order chi connectivity index (χ0) is 25.9. The van der Waals surface area contributed by atoms with E-state index in [2.05, 4.69) is 52.0 Å². The van der Waals surface area contributed by atoms with Gasteiger partial charge in [0, 0.05) is 0 Å². The molecule has 2 aliphatic carbocycles. The molecule has 0 N–H and O–H groups in total. The molecule has 0 aromatic heterocycles. The van der Waals surface area contributed by atoms with Gasteiger partial charge in [-0.25, -0.2) is 0 Å². The molecular weight excluding hydrogens is 416 g/mol. The minimum atomic E-state index is 0.541. The standard InChI is InChI=1S/C26H38O2.2C2H6.C2H2/c1-5-17-27-25-15-16-26(20(4)19(25)3)28-18-22-9-13-24(14-10-22)23-11-7-21(6-2)8-12-23;3*1-2/h5-6,15-16,21-24H,1-2,7-14,17-18H2,3-4H3;2*1-2H3;1-2H. The van der Waals surface area contributed by atoms with Crippen LogP contribution in [0.1, 0.15) is 90.2 Å². The minimum Gasteiger partial charge on any atom is -0.493 e. The monoisotopic (exact) mass is 468 g/mol. The van der Waals surface area contributed by atoms with Gasteiger partial charge in [-0.15, -0.1) is 19.4 Å². The molecule has 1 aromatic carbocycles. The smallest absolute Gasteiger partial charge is 0.123 e. The first kappa shape index (κ1) is 31.9. The van der Waals surface area contributed by atoms with E-state index in [1.165, 1.54) is 56.9 Å². The average molecular weight is 469 g/mol. The summed E-state index contributed by atoms with van der Waals surface area (Å²) in [7, 11) is 0. The van der Waals surface area contributed by atoms with Crippen LogP contribution in [0.4, 0.5) is 0 Å². The van der Waals surface area contributed by atoms with Crippen molar-refractivity contribution in [2.75, 3.05) is 13.2 Å². The van der Waals surface area contributed by atoms with Gasteiger partial charge in [0.25, 0.3) is 0 Å². The van der Waals surface area contributed by atoms with Gasteiger partial charge in [-0.3, -0.25) is 0 Å². The van der Waals surface area contributed by atoms with Crippen LogP contribution in [0.2, 0.25) is 0 Å². The molecule has 0 heterocycles. The first-order chi connectivity index (χ1) is 16.6. The van der Waals surface area contributed by atoms with Gasteiger partial charge in [-0.05, 0) is 112 Å². The Labute approximate surface area is 212 Å². The second-order valence-corrected chi connectivity index (χ2v) is 8.91. The predicted octanol–water partition coefficient (Wildman–Crippen LogP) is 9.35. The lowest BCUT2D eigenvalue weighted by molar-refractivity contribution is 0.129. The number of benzene rings is 1. The third kappa shape index (κ3) is 10.0. The van der Waals surface area contributed by atoms with Crippen molar-refractivity contribution >= 4 is 0 Å². The Kier molecular flexibility index (Phi) is 18.0. The van der Waals surface area contributed by atoms with Crippen LogP contribution < -0.4 is 9.47 Å². The lowest BCUT2D eigenvalue weighted by atomic mass is 9.69. The fraction of sp³-hybridized carbons (Fsp3) is 0.625. The average Bonchev–Trinajstić information content (AvgIpc) is 2.93. The molecule has 192 valence electrons. The van der Waals surface area contributed by atoms with Crippen LogP contribution in [-0.2, 0) is 0 Å². The molecule has 0 aliphatic heterocycles. The maximum atomic E-state index is 6.24. The summed E-state index contributed by atoms with van der Waals surface area (Å²) in [6.45, 7) is 21.3. The predicted molar refractivity (Wildman–Crippen MR) is 151 cm³/mol. The Bertz CT molecular complexity index is 686. The maximum Gasteiger partial charge on any atom is 0.123 e. The third-order valence-electron chi connectivity index (χ3n) is 7.23. The third-order valence-corrected chi connectivity index (χ3v) is 7.23. The summed E-state index contributed by atoms with van der Waals surface area (Å²) in [6, 6.07) is 4.09. The van der Waals surface area contributed by atoms with Crippen molar-refractivity contribution in [3.8, 4) is 24.3 Å². The van der Waals surface area contributed by atoms with Crippen molar-refractivity contribution < 1.29 is 9.47 Å². The summed E-state index contributed by atoms with van der Waals surface area (Å²) in [4.78, 5) is 0. The summed E-state index contributed by atoms with van der Waals surface area (Å²) in [5.74, 6) is 5.33. The molecule has 0 amide bonds. The van der Waals surface area contributed by atoms with Crippen LogP contribution in [0.25, 0.3) is 0 Å². The Morgan fingerprint density at radius 1 is 0.765 bits per heavy atom. The van der Waals surface area contributed by atoms with E-state index in [0.29, 0.717) is 12.5 Å². The number of rotatable bonds is 8. The molecule has 0 unspecified atom stereocenters. The minimum absolute atomic E-state index is 0.541. The molecule has 0 atom stereocenters. The van der Waals surface area contributed by atoms with Crippen molar-refractivity contribution in [2.45, 2.75) is 92.9 Å². The van der Waals surface area contributed by atoms with E-state index < -0.39 is 0 Å². The molecule has 34 heavy (non-hydrogen) atoms. The summed E-state index contributed by atoms with van der Waals surface area (Å²) in [6.07, 6.45) is 22.9. The number of terminal acetylenes is 1. The molecule has 0 saturated heterocycles. The lowest BCUT2D eigenvalue weighted by Gasteiger charge is -2.37. The maximum absolute atomic E-state index is 6.24. The Balaban J connectivity index is 0.00000168. The number of ether oxygens (including phenoxy) is 2. The van der Waals surface area contributed by atoms with Gasteiger partial charge in [-0.1, -0.05) is 46.4 Å². The first-order valence-electron chi connectivity index (χ1n) is 13.5. The van der Waals surface area contributed by atoms with Gasteiger partial charge in [0.05, 0.1) is 6.61 Å². The number of allylic oxidation sites excluding steroid dienone is 1. The molecule has 0 radical (unpaired) electrons. The summed E-state index contributed by atoms with van der Waals surface area (Å²) in [5, 5.41) is 0. The van der Waals surface area contributed by atoms with Crippen LogP contribution in [0.5, 0.6) is 11.5 Å². The first-order valence-corrected chi connectivity index (χ1v) is 13.5. The quantitative estimate of drug-likeness (QED) is 0.279. The van der Waals surface area contributed by atoms with E-state index in [1.807, 2.05) is 33.8 Å². The van der Waals surface area contributed by atoms with Crippen LogP contribution in [-0.4, -0.2) is 13.2 Å². The fourth-order valence-electron chi connectivity index (χ4n) is 5.12. The molecular formula is C32H52O2. The molecule has 3 rings (SSSR count). The van der Waals surface area contributed by atoms with E-state index in [9.17, 15) is 0 Å². The summed E-state index contributed by atoms with van der Waals surface area (Å²) in [5.41, 5.74) is 2.35. The molecule has 2 nitrogen and oxygen atoms in total. The van der Waals surface area contributed by atoms with Crippen molar-refractivity contribution in [1.82, 2.24) is 0 Å². The highest BCUT2D eigenvalue weighted by atomic mass is 16.5. The fourth-order valence-corrected chi connectivity index (χ4v) is 5.12. The zero-order valence-electron chi connectivity index (χ0n) is 23.1. The van der Waals surface area contributed by atoms with Crippen molar-refractivity contribution in [3.63, 3.8) is 0 Å². The van der Waals surface area contributed by atoms with Crippen LogP contribution in [0.3, 0.4) is 0 Å². The van der Waals surface area contributed by atoms with E-state index in [0.717, 1.165) is 41.4 Å². The van der Waals surface area contributed by atoms with Gasteiger partial charge < -0.3 is 9.47 Å². The lowest BCUT2D eigenvalue weighted by Crippen LogP contribution is -2.27. The van der Waals surface area contributed by atoms with E-state index in [4.69, 9.17) is 9.47 Å². The SMILES string of the molecule is C#C.C=CCOc1ccc(OCC2CCC(C3CCC(C=C)CC3)CC2)c(C)c1C.CC.CC. The zero-order valence-corrected chi connectivity index (χ0v) is 23.1. The molecule has 2 fully saturated rings. The summed E-state index contributed by atoms with van der Waals surface area (Å²) >= 11 is 0. The van der Waals surface area contributed by atoms with Gasteiger partial charge in [0.1, 0.15) is 18.1 Å². The highest BCUT2D eigenvalue weighted by molar-refractivity contribution is 5.47. The molecule has 2 heteroatoms. The topological polar surface area (TPSA) is 18.5 Å². The highest BCUT2D eigenvalue weighted by Gasteiger charge is 2.30. The van der Waals surface area contributed by atoms with Gasteiger partial charge in [-0.2, -0.15) is 0 Å². The van der Waals surface area contributed by atoms with Crippen LogP contribution in [0, 0.1) is 50.4 Å². The normalized spacial score (nSPS) is 23.3. The molecule has 1 aromatic rings. The van der Waals surface area contributed by atoms with Crippen LogP contribution >= 0.6 is 0 Å². The van der Waals surface area contributed by atoms with E-state index in [-0.39, 0.29) is 0 Å². The van der Waals surface area contributed by atoms with E-state index >= 15 is 0 Å². The van der Waals surface area contributed by atoms with Crippen molar-refractivity contribution in [3.05, 3.63) is 48.6 Å². The van der Waals surface area contributed by atoms with Gasteiger partial charge in [0.2, 0.25) is 0 Å². The second kappa shape index (κ2) is 19.2. The van der Waals surface area contributed by atoms with Gasteiger partial charge >= 0.3 is 0 Å². The van der Waals surface area contributed by atoms with Gasteiger partial charge in [0.15, 0.2) is 0 Å². The summed E-state index contributed by atoms with van der Waals surface area (Å²) < 4.78 is 12.0.